The number of ether oxygens (including phenoxy) is 2. The molecule has 5 nitrogen and oxygen atoms in total. The summed E-state index contributed by atoms with van der Waals surface area (Å²) < 4.78 is 10.1. The van der Waals surface area contributed by atoms with Crippen LogP contribution in [-0.4, -0.2) is 24.7 Å². The quantitative estimate of drug-likeness (QED) is 0.870. The van der Waals surface area contributed by atoms with Gasteiger partial charge in [0, 0.05) is 0 Å². The molecule has 0 saturated carbocycles. The summed E-state index contributed by atoms with van der Waals surface area (Å²) in [5.41, 5.74) is 6.77. The summed E-state index contributed by atoms with van der Waals surface area (Å²) in [6.45, 7) is 2.54. The highest BCUT2D eigenvalue weighted by molar-refractivity contribution is 7.19. The number of methoxy groups -OCH3 is 1. The number of thiazole rings is 1. The first-order valence-corrected chi connectivity index (χ1v) is 6.55. The number of carbonyl (C=O) groups excluding carboxylic acids is 1. The summed E-state index contributed by atoms with van der Waals surface area (Å²) >= 11 is 1.26. The molecule has 0 unspecified atom stereocenters. The van der Waals surface area contributed by atoms with Gasteiger partial charge in [-0.2, -0.15) is 0 Å². The first-order chi connectivity index (χ1) is 9.15. The van der Waals surface area contributed by atoms with Crippen molar-refractivity contribution in [2.24, 2.45) is 0 Å². The normalized spacial score (nSPS) is 10.2. The van der Waals surface area contributed by atoms with E-state index in [0.29, 0.717) is 16.6 Å². The van der Waals surface area contributed by atoms with Gasteiger partial charge >= 0.3 is 5.97 Å². The molecule has 0 bridgehead atoms. The molecule has 0 aliphatic carbocycles. The first kappa shape index (κ1) is 13.4. The molecular weight excluding hydrogens is 264 g/mol. The zero-order valence-corrected chi connectivity index (χ0v) is 11.5. The molecule has 1 aromatic carbocycles. The van der Waals surface area contributed by atoms with Crippen molar-refractivity contribution in [1.82, 2.24) is 4.98 Å². The fourth-order valence-corrected chi connectivity index (χ4v) is 2.46. The average molecular weight is 278 g/mol. The van der Waals surface area contributed by atoms with Gasteiger partial charge in [-0.15, -0.1) is 0 Å². The van der Waals surface area contributed by atoms with Crippen molar-refractivity contribution in [2.75, 3.05) is 19.5 Å². The highest BCUT2D eigenvalue weighted by atomic mass is 32.1. The third-order valence-electron chi connectivity index (χ3n) is 2.45. The molecule has 0 radical (unpaired) electrons. The third kappa shape index (κ3) is 2.85. The van der Waals surface area contributed by atoms with Crippen molar-refractivity contribution < 1.29 is 14.3 Å². The van der Waals surface area contributed by atoms with Crippen molar-refractivity contribution in [2.45, 2.75) is 6.92 Å². The van der Waals surface area contributed by atoms with Gasteiger partial charge in [-0.1, -0.05) is 11.3 Å². The molecule has 0 saturated heterocycles. The van der Waals surface area contributed by atoms with Crippen LogP contribution < -0.4 is 10.5 Å². The van der Waals surface area contributed by atoms with Gasteiger partial charge in [0.1, 0.15) is 5.75 Å². The molecule has 2 N–H and O–H groups in total. The topological polar surface area (TPSA) is 74.4 Å². The molecule has 19 heavy (non-hydrogen) atoms. The van der Waals surface area contributed by atoms with Crippen LogP contribution in [0.3, 0.4) is 0 Å². The van der Waals surface area contributed by atoms with Crippen LogP contribution in [0.1, 0.15) is 17.4 Å². The average Bonchev–Trinajstić information content (AvgIpc) is 2.81. The Bertz CT molecular complexity index is 578. The third-order valence-corrected chi connectivity index (χ3v) is 3.38. The number of nitrogens with zero attached hydrogens (tertiary/aromatic N) is 1. The maximum Gasteiger partial charge on any atom is 0.358 e. The standard InChI is InChI=1S/C13H14N2O3S/c1-3-18-9-6-4-8(5-7-9)11-10(12(16)17-2)15-13(14)19-11/h4-7H,3H2,1-2H3,(H2,14,15). The highest BCUT2D eigenvalue weighted by Gasteiger charge is 2.19. The number of benzene rings is 1. The lowest BCUT2D eigenvalue weighted by atomic mass is 10.1. The molecule has 0 spiro atoms. The van der Waals surface area contributed by atoms with Crippen LogP contribution >= 0.6 is 11.3 Å². The van der Waals surface area contributed by atoms with E-state index in [1.165, 1.54) is 18.4 Å². The second-order valence-electron chi connectivity index (χ2n) is 3.68. The monoisotopic (exact) mass is 278 g/mol. The number of carbonyl (C=O) groups is 1. The van der Waals surface area contributed by atoms with Gasteiger partial charge in [-0.3, -0.25) is 0 Å². The molecule has 1 aromatic heterocycles. The van der Waals surface area contributed by atoms with Crippen molar-refractivity contribution in [3.8, 4) is 16.2 Å². The van der Waals surface area contributed by atoms with E-state index >= 15 is 0 Å². The Labute approximate surface area is 115 Å². The zero-order valence-electron chi connectivity index (χ0n) is 10.7. The zero-order chi connectivity index (χ0) is 13.8. The van der Waals surface area contributed by atoms with E-state index in [-0.39, 0.29) is 5.69 Å². The van der Waals surface area contributed by atoms with E-state index in [2.05, 4.69) is 4.98 Å². The molecular formula is C13H14N2O3S. The van der Waals surface area contributed by atoms with Gasteiger partial charge in [0.25, 0.3) is 0 Å². The Kier molecular flexibility index (Phi) is 4.01. The lowest BCUT2D eigenvalue weighted by molar-refractivity contribution is 0.0596. The van der Waals surface area contributed by atoms with E-state index in [1.54, 1.807) is 0 Å². The van der Waals surface area contributed by atoms with Gasteiger partial charge < -0.3 is 15.2 Å². The maximum atomic E-state index is 11.6. The van der Waals surface area contributed by atoms with E-state index in [0.717, 1.165) is 11.3 Å². The Morgan fingerprint density at radius 1 is 1.37 bits per heavy atom. The Hall–Kier alpha value is -2.08. The molecule has 0 amide bonds. The van der Waals surface area contributed by atoms with Crippen LogP contribution in [0, 0.1) is 0 Å². The smallest absolute Gasteiger partial charge is 0.358 e. The molecule has 0 fully saturated rings. The predicted molar refractivity (Wildman–Crippen MR) is 74.5 cm³/mol. The number of aromatic nitrogens is 1. The first-order valence-electron chi connectivity index (χ1n) is 5.73. The fourth-order valence-electron chi connectivity index (χ4n) is 1.64. The summed E-state index contributed by atoms with van der Waals surface area (Å²) in [4.78, 5) is 16.3. The number of anilines is 1. The summed E-state index contributed by atoms with van der Waals surface area (Å²) in [6.07, 6.45) is 0. The van der Waals surface area contributed by atoms with E-state index in [1.807, 2.05) is 31.2 Å². The van der Waals surface area contributed by atoms with Crippen molar-refractivity contribution in [1.29, 1.82) is 0 Å². The fraction of sp³-hybridized carbons (Fsp3) is 0.231. The minimum Gasteiger partial charge on any atom is -0.494 e. The molecule has 0 atom stereocenters. The molecule has 2 aromatic rings. The molecule has 100 valence electrons. The molecule has 1 heterocycles. The van der Waals surface area contributed by atoms with Crippen LogP contribution in [-0.2, 0) is 4.74 Å². The molecule has 2 rings (SSSR count). The van der Waals surface area contributed by atoms with Gasteiger partial charge in [0.15, 0.2) is 10.8 Å². The van der Waals surface area contributed by atoms with Gasteiger partial charge in [0.2, 0.25) is 0 Å². The number of esters is 1. The summed E-state index contributed by atoms with van der Waals surface area (Å²) in [5.74, 6) is 0.292. The van der Waals surface area contributed by atoms with Gasteiger partial charge in [0.05, 0.1) is 18.6 Å². The summed E-state index contributed by atoms with van der Waals surface area (Å²) in [7, 11) is 1.32. The lowest BCUT2D eigenvalue weighted by Gasteiger charge is -2.04. The molecule has 0 aliphatic rings. The van der Waals surface area contributed by atoms with E-state index < -0.39 is 5.97 Å². The molecule has 0 aliphatic heterocycles. The van der Waals surface area contributed by atoms with E-state index in [9.17, 15) is 4.79 Å². The van der Waals surface area contributed by atoms with Crippen LogP contribution in [0.25, 0.3) is 10.4 Å². The predicted octanol–water partition coefficient (Wildman–Crippen LogP) is 2.58. The van der Waals surface area contributed by atoms with Crippen molar-refractivity contribution >= 4 is 22.4 Å². The van der Waals surface area contributed by atoms with Crippen molar-refractivity contribution in [3.05, 3.63) is 30.0 Å². The number of nitrogen functional groups attached to an aromatic ring is 1. The van der Waals surface area contributed by atoms with Crippen LogP contribution in [0.15, 0.2) is 24.3 Å². The summed E-state index contributed by atoms with van der Waals surface area (Å²) in [6, 6.07) is 7.42. The SMILES string of the molecule is CCOc1ccc(-c2sc(N)nc2C(=O)OC)cc1. The van der Waals surface area contributed by atoms with Crippen molar-refractivity contribution in [3.63, 3.8) is 0 Å². The highest BCUT2D eigenvalue weighted by Crippen LogP contribution is 2.33. The number of nitrogens with two attached hydrogens (primary N) is 1. The summed E-state index contributed by atoms with van der Waals surface area (Å²) in [5, 5.41) is 0.337. The number of rotatable bonds is 4. The largest absolute Gasteiger partial charge is 0.494 e. The van der Waals surface area contributed by atoms with Crippen LogP contribution in [0.5, 0.6) is 5.75 Å². The maximum absolute atomic E-state index is 11.6. The minimum atomic E-state index is -0.489. The minimum absolute atomic E-state index is 0.245. The van der Waals surface area contributed by atoms with Gasteiger partial charge in [-0.25, -0.2) is 9.78 Å². The van der Waals surface area contributed by atoms with Gasteiger partial charge in [-0.05, 0) is 36.8 Å². The molecule has 6 heteroatoms. The lowest BCUT2D eigenvalue weighted by Crippen LogP contribution is -2.03. The number of hydrogen-bond acceptors (Lipinski definition) is 6. The second kappa shape index (κ2) is 5.71. The second-order valence-corrected chi connectivity index (χ2v) is 4.71. The van der Waals surface area contributed by atoms with Crippen LogP contribution in [0.4, 0.5) is 5.13 Å². The van der Waals surface area contributed by atoms with E-state index in [4.69, 9.17) is 15.2 Å². The Morgan fingerprint density at radius 2 is 2.05 bits per heavy atom. The van der Waals surface area contributed by atoms with Crippen LogP contribution in [0.2, 0.25) is 0 Å². The number of hydrogen-bond donors (Lipinski definition) is 1. The Balaban J connectivity index is 2.38. The Morgan fingerprint density at radius 3 is 2.63 bits per heavy atom.